The summed E-state index contributed by atoms with van der Waals surface area (Å²) in [6, 6.07) is 8.32. The van der Waals surface area contributed by atoms with Gasteiger partial charge in [-0.05, 0) is 29.7 Å². The SMILES string of the molecule is CCc1cc(-c2cnc(NC(C)=O)nc2)ccc1N(C)c1cc2c(cn1)ncn2C. The van der Waals surface area contributed by atoms with Crippen molar-refractivity contribution in [2.45, 2.75) is 20.3 Å². The number of carbonyl (C=O) groups is 1. The minimum absolute atomic E-state index is 0.193. The fourth-order valence-corrected chi connectivity index (χ4v) is 3.40. The highest BCUT2D eigenvalue weighted by atomic mass is 16.1. The van der Waals surface area contributed by atoms with E-state index >= 15 is 0 Å². The highest BCUT2D eigenvalue weighted by Crippen LogP contribution is 2.31. The van der Waals surface area contributed by atoms with Crippen LogP contribution >= 0.6 is 0 Å². The summed E-state index contributed by atoms with van der Waals surface area (Å²) in [5.41, 5.74) is 6.11. The molecular formula is C22H23N7O. The van der Waals surface area contributed by atoms with Gasteiger partial charge in [0.15, 0.2) is 0 Å². The molecule has 4 aromatic rings. The lowest BCUT2D eigenvalue weighted by atomic mass is 10.0. The number of fused-ring (bicyclic) bond motifs is 1. The third kappa shape index (κ3) is 3.71. The topological polar surface area (TPSA) is 88.8 Å². The summed E-state index contributed by atoms with van der Waals surface area (Å²) < 4.78 is 1.99. The molecule has 0 aliphatic heterocycles. The van der Waals surface area contributed by atoms with E-state index in [4.69, 9.17) is 0 Å². The van der Waals surface area contributed by atoms with Crippen molar-refractivity contribution < 1.29 is 4.79 Å². The van der Waals surface area contributed by atoms with Crippen LogP contribution in [0.3, 0.4) is 0 Å². The molecule has 0 aliphatic carbocycles. The number of hydrogen-bond acceptors (Lipinski definition) is 6. The highest BCUT2D eigenvalue weighted by Gasteiger charge is 2.13. The summed E-state index contributed by atoms with van der Waals surface area (Å²) in [6.45, 7) is 3.56. The quantitative estimate of drug-likeness (QED) is 0.548. The largest absolute Gasteiger partial charge is 0.334 e. The van der Waals surface area contributed by atoms with Crippen molar-refractivity contribution in [2.24, 2.45) is 7.05 Å². The van der Waals surface area contributed by atoms with Crippen molar-refractivity contribution >= 4 is 34.4 Å². The van der Waals surface area contributed by atoms with Crippen molar-refractivity contribution in [3.63, 3.8) is 0 Å². The number of benzene rings is 1. The van der Waals surface area contributed by atoms with E-state index in [0.717, 1.165) is 40.1 Å². The third-order valence-corrected chi connectivity index (χ3v) is 5.04. The summed E-state index contributed by atoms with van der Waals surface area (Å²) >= 11 is 0. The molecule has 0 spiro atoms. The van der Waals surface area contributed by atoms with Gasteiger partial charge in [-0.3, -0.25) is 10.1 Å². The van der Waals surface area contributed by atoms with E-state index in [0.29, 0.717) is 5.95 Å². The Balaban J connectivity index is 1.65. The van der Waals surface area contributed by atoms with Crippen LogP contribution in [0.2, 0.25) is 0 Å². The lowest BCUT2D eigenvalue weighted by molar-refractivity contribution is -0.114. The predicted octanol–water partition coefficient (Wildman–Crippen LogP) is 3.71. The third-order valence-electron chi connectivity index (χ3n) is 5.04. The first-order chi connectivity index (χ1) is 14.5. The number of rotatable bonds is 5. The summed E-state index contributed by atoms with van der Waals surface area (Å²) in [4.78, 5) is 30.6. The molecule has 0 aliphatic rings. The Labute approximate surface area is 174 Å². The van der Waals surface area contributed by atoms with E-state index in [9.17, 15) is 4.79 Å². The fraction of sp³-hybridized carbons (Fsp3) is 0.227. The standard InChI is InChI=1S/C22H23N7O/c1-5-15-8-16(17-10-24-22(25-11-17)27-14(2)30)6-7-19(15)29(4)21-9-20-18(12-23-21)26-13-28(20)3/h6-13H,5H2,1-4H3,(H,24,25,27,30). The summed E-state index contributed by atoms with van der Waals surface area (Å²) in [7, 11) is 3.99. The van der Waals surface area contributed by atoms with E-state index in [1.165, 1.54) is 12.5 Å². The van der Waals surface area contributed by atoms with Crippen LogP contribution in [0.5, 0.6) is 0 Å². The van der Waals surface area contributed by atoms with Crippen LogP contribution in [0, 0.1) is 0 Å². The van der Waals surface area contributed by atoms with Crippen molar-refractivity contribution in [3.05, 3.63) is 54.7 Å². The Morgan fingerprint density at radius 3 is 2.53 bits per heavy atom. The van der Waals surface area contributed by atoms with Gasteiger partial charge in [0.05, 0.1) is 18.0 Å². The summed E-state index contributed by atoms with van der Waals surface area (Å²) in [5, 5.41) is 2.58. The van der Waals surface area contributed by atoms with E-state index in [-0.39, 0.29) is 5.91 Å². The maximum absolute atomic E-state index is 11.1. The van der Waals surface area contributed by atoms with E-state index in [1.54, 1.807) is 24.9 Å². The zero-order chi connectivity index (χ0) is 21.3. The van der Waals surface area contributed by atoms with Gasteiger partial charge in [0.1, 0.15) is 11.3 Å². The molecule has 0 bridgehead atoms. The molecule has 1 N–H and O–H groups in total. The molecule has 8 nitrogen and oxygen atoms in total. The average molecular weight is 401 g/mol. The number of hydrogen-bond donors (Lipinski definition) is 1. The number of imidazole rings is 1. The normalized spacial score (nSPS) is 10.9. The molecule has 8 heteroatoms. The maximum Gasteiger partial charge on any atom is 0.229 e. The first-order valence-corrected chi connectivity index (χ1v) is 9.70. The summed E-state index contributed by atoms with van der Waals surface area (Å²) in [6.07, 6.45) is 7.89. The monoisotopic (exact) mass is 401 g/mol. The predicted molar refractivity (Wildman–Crippen MR) is 118 cm³/mol. The Kier molecular flexibility index (Phi) is 5.14. The molecule has 1 aromatic carbocycles. The van der Waals surface area contributed by atoms with Crippen LogP contribution < -0.4 is 10.2 Å². The van der Waals surface area contributed by atoms with Crippen LogP contribution in [0.25, 0.3) is 22.2 Å². The number of aromatic nitrogens is 5. The first-order valence-electron chi connectivity index (χ1n) is 9.70. The zero-order valence-electron chi connectivity index (χ0n) is 17.4. The van der Waals surface area contributed by atoms with Gasteiger partial charge in [-0.1, -0.05) is 13.0 Å². The number of carbonyl (C=O) groups excluding carboxylic acids is 1. The van der Waals surface area contributed by atoms with Gasteiger partial charge < -0.3 is 9.47 Å². The second kappa shape index (κ2) is 7.90. The summed E-state index contributed by atoms with van der Waals surface area (Å²) in [5.74, 6) is 0.966. The number of pyridine rings is 1. The first kappa shape index (κ1) is 19.5. The van der Waals surface area contributed by atoms with Gasteiger partial charge in [0.25, 0.3) is 0 Å². The zero-order valence-corrected chi connectivity index (χ0v) is 17.4. The minimum Gasteiger partial charge on any atom is -0.334 e. The van der Waals surface area contributed by atoms with Crippen LogP contribution in [0.1, 0.15) is 19.4 Å². The van der Waals surface area contributed by atoms with Gasteiger partial charge in [-0.2, -0.15) is 0 Å². The smallest absolute Gasteiger partial charge is 0.229 e. The number of nitrogens with one attached hydrogen (secondary N) is 1. The van der Waals surface area contributed by atoms with Crippen molar-refractivity contribution in [2.75, 3.05) is 17.3 Å². The van der Waals surface area contributed by atoms with Gasteiger partial charge in [-0.25, -0.2) is 19.9 Å². The average Bonchev–Trinajstić information content (AvgIpc) is 3.13. The minimum atomic E-state index is -0.193. The van der Waals surface area contributed by atoms with E-state index in [1.807, 2.05) is 30.8 Å². The van der Waals surface area contributed by atoms with Crippen molar-refractivity contribution in [3.8, 4) is 11.1 Å². The van der Waals surface area contributed by atoms with Gasteiger partial charge in [0, 0.05) is 50.7 Å². The highest BCUT2D eigenvalue weighted by molar-refractivity contribution is 5.86. The molecule has 0 saturated heterocycles. The van der Waals surface area contributed by atoms with Crippen LogP contribution in [0.4, 0.5) is 17.5 Å². The number of anilines is 3. The molecule has 4 rings (SSSR count). The molecule has 3 heterocycles. The Bertz CT molecular complexity index is 1210. The fourth-order valence-electron chi connectivity index (χ4n) is 3.40. The van der Waals surface area contributed by atoms with Gasteiger partial charge >= 0.3 is 0 Å². The van der Waals surface area contributed by atoms with Crippen LogP contribution in [-0.2, 0) is 18.3 Å². The lowest BCUT2D eigenvalue weighted by Crippen LogP contribution is -2.13. The Hall–Kier alpha value is -3.81. The van der Waals surface area contributed by atoms with Crippen LogP contribution in [-0.4, -0.2) is 37.5 Å². The van der Waals surface area contributed by atoms with E-state index in [2.05, 4.69) is 49.2 Å². The molecule has 0 unspecified atom stereocenters. The molecule has 3 aromatic heterocycles. The molecule has 0 radical (unpaired) electrons. The van der Waals surface area contributed by atoms with Crippen LogP contribution in [0.15, 0.2) is 49.2 Å². The van der Waals surface area contributed by atoms with Gasteiger partial charge in [0.2, 0.25) is 11.9 Å². The molecule has 0 saturated carbocycles. The molecule has 30 heavy (non-hydrogen) atoms. The number of aryl methyl sites for hydroxylation is 2. The van der Waals surface area contributed by atoms with Gasteiger partial charge in [-0.15, -0.1) is 0 Å². The number of amides is 1. The molecular weight excluding hydrogens is 378 g/mol. The molecule has 0 atom stereocenters. The lowest BCUT2D eigenvalue weighted by Gasteiger charge is -2.22. The van der Waals surface area contributed by atoms with E-state index < -0.39 is 0 Å². The molecule has 0 fully saturated rings. The maximum atomic E-state index is 11.1. The van der Waals surface area contributed by atoms with Crippen molar-refractivity contribution in [1.29, 1.82) is 0 Å². The second-order valence-electron chi connectivity index (χ2n) is 7.12. The van der Waals surface area contributed by atoms with Crippen molar-refractivity contribution in [1.82, 2.24) is 24.5 Å². The molecule has 1 amide bonds. The molecule has 152 valence electrons. The number of nitrogens with zero attached hydrogens (tertiary/aromatic N) is 6. The Morgan fingerprint density at radius 2 is 1.83 bits per heavy atom. The second-order valence-corrected chi connectivity index (χ2v) is 7.12. The Morgan fingerprint density at radius 1 is 1.07 bits per heavy atom.